The van der Waals surface area contributed by atoms with Crippen molar-refractivity contribution in [3.05, 3.63) is 58.8 Å². The standard InChI is InChI=1S/C14H12BrN5O/c15-13-6-1-3-10(14(13)21)8-16-11-4-2-5-12(7-11)20-9-17-18-19-20/h1-7,9,16,21H,8H2. The molecule has 0 fully saturated rings. The lowest BCUT2D eigenvalue weighted by Crippen LogP contribution is -2.01. The van der Waals surface area contributed by atoms with Crippen LogP contribution < -0.4 is 5.32 Å². The number of tetrazole rings is 1. The number of benzene rings is 2. The molecule has 106 valence electrons. The smallest absolute Gasteiger partial charge is 0.143 e. The van der Waals surface area contributed by atoms with E-state index in [0.717, 1.165) is 16.9 Å². The van der Waals surface area contributed by atoms with Gasteiger partial charge in [0.1, 0.15) is 12.1 Å². The van der Waals surface area contributed by atoms with Crippen LogP contribution in [-0.2, 0) is 6.54 Å². The van der Waals surface area contributed by atoms with Crippen molar-refractivity contribution in [2.24, 2.45) is 0 Å². The average molecular weight is 346 g/mol. The number of aromatic hydroxyl groups is 1. The highest BCUT2D eigenvalue weighted by molar-refractivity contribution is 9.10. The summed E-state index contributed by atoms with van der Waals surface area (Å²) in [5.41, 5.74) is 2.60. The van der Waals surface area contributed by atoms with Crippen molar-refractivity contribution in [2.45, 2.75) is 6.54 Å². The number of nitrogens with one attached hydrogen (secondary N) is 1. The van der Waals surface area contributed by atoms with E-state index in [0.29, 0.717) is 11.0 Å². The first-order valence-corrected chi connectivity index (χ1v) is 7.07. The molecule has 21 heavy (non-hydrogen) atoms. The number of hydrogen-bond acceptors (Lipinski definition) is 5. The van der Waals surface area contributed by atoms with Crippen LogP contribution >= 0.6 is 15.9 Å². The minimum absolute atomic E-state index is 0.252. The minimum atomic E-state index is 0.252. The Morgan fingerprint density at radius 1 is 1.19 bits per heavy atom. The molecule has 1 aromatic heterocycles. The van der Waals surface area contributed by atoms with Gasteiger partial charge < -0.3 is 10.4 Å². The summed E-state index contributed by atoms with van der Waals surface area (Å²) in [7, 11) is 0. The number of aromatic nitrogens is 4. The molecule has 0 saturated carbocycles. The monoisotopic (exact) mass is 345 g/mol. The van der Waals surface area contributed by atoms with Gasteiger partial charge in [0.25, 0.3) is 0 Å². The predicted molar refractivity (Wildman–Crippen MR) is 82.3 cm³/mol. The molecule has 0 bridgehead atoms. The van der Waals surface area contributed by atoms with Gasteiger partial charge >= 0.3 is 0 Å². The zero-order valence-corrected chi connectivity index (χ0v) is 12.5. The Hall–Kier alpha value is -2.41. The molecule has 2 N–H and O–H groups in total. The van der Waals surface area contributed by atoms with E-state index in [4.69, 9.17) is 0 Å². The van der Waals surface area contributed by atoms with E-state index < -0.39 is 0 Å². The number of phenolic OH excluding ortho intramolecular Hbond substituents is 1. The highest BCUT2D eigenvalue weighted by Crippen LogP contribution is 2.28. The Labute approximate surface area is 129 Å². The van der Waals surface area contributed by atoms with Gasteiger partial charge in [-0.1, -0.05) is 18.2 Å². The van der Waals surface area contributed by atoms with Crippen molar-refractivity contribution < 1.29 is 5.11 Å². The van der Waals surface area contributed by atoms with Crippen molar-refractivity contribution in [1.29, 1.82) is 0 Å². The maximum absolute atomic E-state index is 9.96. The third-order valence-electron chi connectivity index (χ3n) is 3.01. The molecule has 0 amide bonds. The molecule has 0 aliphatic carbocycles. The Kier molecular flexibility index (Phi) is 3.83. The number of para-hydroxylation sites is 1. The first-order chi connectivity index (χ1) is 10.2. The molecule has 6 nitrogen and oxygen atoms in total. The number of phenols is 1. The lowest BCUT2D eigenvalue weighted by atomic mass is 10.2. The third kappa shape index (κ3) is 3.03. The van der Waals surface area contributed by atoms with Gasteiger partial charge in [-0.05, 0) is 50.6 Å². The Bertz CT molecular complexity index is 745. The second kappa shape index (κ2) is 5.92. The summed E-state index contributed by atoms with van der Waals surface area (Å²) in [6.45, 7) is 0.518. The van der Waals surface area contributed by atoms with Gasteiger partial charge in [0.05, 0.1) is 10.2 Å². The summed E-state index contributed by atoms with van der Waals surface area (Å²) in [6, 6.07) is 13.3. The molecule has 2 aromatic carbocycles. The van der Waals surface area contributed by atoms with E-state index in [1.165, 1.54) is 0 Å². The van der Waals surface area contributed by atoms with E-state index >= 15 is 0 Å². The van der Waals surface area contributed by atoms with Crippen molar-refractivity contribution in [2.75, 3.05) is 5.32 Å². The van der Waals surface area contributed by atoms with Crippen LogP contribution in [0.25, 0.3) is 5.69 Å². The number of nitrogens with zero attached hydrogens (tertiary/aromatic N) is 4. The molecular formula is C14H12BrN5O. The first kappa shape index (κ1) is 13.6. The van der Waals surface area contributed by atoms with Crippen molar-refractivity contribution in [3.63, 3.8) is 0 Å². The number of rotatable bonds is 4. The maximum Gasteiger partial charge on any atom is 0.143 e. The van der Waals surface area contributed by atoms with Crippen molar-refractivity contribution >= 4 is 21.6 Å². The van der Waals surface area contributed by atoms with Crippen LogP contribution in [0.3, 0.4) is 0 Å². The normalized spacial score (nSPS) is 10.5. The molecule has 3 rings (SSSR count). The van der Waals surface area contributed by atoms with Crippen molar-refractivity contribution in [3.8, 4) is 11.4 Å². The summed E-state index contributed by atoms with van der Waals surface area (Å²) in [6.07, 6.45) is 1.54. The zero-order chi connectivity index (χ0) is 14.7. The van der Waals surface area contributed by atoms with Gasteiger partial charge in [0.15, 0.2) is 0 Å². The summed E-state index contributed by atoms with van der Waals surface area (Å²) in [5, 5.41) is 24.3. The highest BCUT2D eigenvalue weighted by atomic mass is 79.9. The third-order valence-corrected chi connectivity index (χ3v) is 3.65. The summed E-state index contributed by atoms with van der Waals surface area (Å²) < 4.78 is 2.27. The van der Waals surface area contributed by atoms with E-state index in [-0.39, 0.29) is 5.75 Å². The molecule has 7 heteroatoms. The second-order valence-electron chi connectivity index (χ2n) is 4.41. The van der Waals surface area contributed by atoms with Crippen LogP contribution in [0.4, 0.5) is 5.69 Å². The van der Waals surface area contributed by atoms with Crippen LogP contribution in [0, 0.1) is 0 Å². The van der Waals surface area contributed by atoms with Gasteiger partial charge in [-0.15, -0.1) is 5.10 Å². The molecule has 0 aliphatic rings. The lowest BCUT2D eigenvalue weighted by molar-refractivity contribution is 0.465. The fourth-order valence-corrected chi connectivity index (χ4v) is 2.35. The molecule has 0 aliphatic heterocycles. The van der Waals surface area contributed by atoms with Gasteiger partial charge in [0.2, 0.25) is 0 Å². The molecule has 0 radical (unpaired) electrons. The predicted octanol–water partition coefficient (Wildman–Crippen LogP) is 2.74. The SMILES string of the molecule is Oc1c(Br)cccc1CNc1cccc(-n2cnnn2)c1. The molecule has 0 atom stereocenters. The summed E-state index contributed by atoms with van der Waals surface area (Å²) >= 11 is 3.31. The van der Waals surface area contributed by atoms with Crippen LogP contribution in [-0.4, -0.2) is 25.3 Å². The second-order valence-corrected chi connectivity index (χ2v) is 5.26. The largest absolute Gasteiger partial charge is 0.506 e. The number of hydrogen-bond donors (Lipinski definition) is 2. The maximum atomic E-state index is 9.96. The van der Waals surface area contributed by atoms with Gasteiger partial charge in [-0.25, -0.2) is 4.68 Å². The van der Waals surface area contributed by atoms with Gasteiger partial charge in [-0.2, -0.15) is 0 Å². The van der Waals surface area contributed by atoms with Crippen LogP contribution in [0.1, 0.15) is 5.56 Å². The summed E-state index contributed by atoms with van der Waals surface area (Å²) in [4.78, 5) is 0. The van der Waals surface area contributed by atoms with Crippen LogP contribution in [0.15, 0.2) is 53.3 Å². The Balaban J connectivity index is 1.77. The van der Waals surface area contributed by atoms with Crippen LogP contribution in [0.2, 0.25) is 0 Å². The first-order valence-electron chi connectivity index (χ1n) is 6.28. The topological polar surface area (TPSA) is 75.9 Å². The average Bonchev–Trinajstić information content (AvgIpc) is 3.03. The van der Waals surface area contributed by atoms with E-state index in [1.54, 1.807) is 17.1 Å². The molecule has 0 unspecified atom stereocenters. The van der Waals surface area contributed by atoms with Crippen LogP contribution in [0.5, 0.6) is 5.75 Å². The van der Waals surface area contributed by atoms with Gasteiger partial charge in [0, 0.05) is 17.8 Å². The molecule has 3 aromatic rings. The quantitative estimate of drug-likeness (QED) is 0.760. The zero-order valence-electron chi connectivity index (χ0n) is 10.9. The Morgan fingerprint density at radius 2 is 2.05 bits per heavy atom. The fraction of sp³-hybridized carbons (Fsp3) is 0.0714. The minimum Gasteiger partial charge on any atom is -0.506 e. The van der Waals surface area contributed by atoms with E-state index in [1.807, 2.05) is 36.4 Å². The molecule has 0 spiro atoms. The van der Waals surface area contributed by atoms with E-state index in [9.17, 15) is 5.11 Å². The number of halogens is 1. The highest BCUT2D eigenvalue weighted by Gasteiger charge is 2.05. The van der Waals surface area contributed by atoms with E-state index in [2.05, 4.69) is 36.8 Å². The Morgan fingerprint density at radius 3 is 2.86 bits per heavy atom. The molecule has 1 heterocycles. The van der Waals surface area contributed by atoms with Gasteiger partial charge in [-0.3, -0.25) is 0 Å². The fourth-order valence-electron chi connectivity index (χ4n) is 1.94. The summed E-state index contributed by atoms with van der Waals surface area (Å²) in [5.74, 6) is 0.252. The van der Waals surface area contributed by atoms with Crippen molar-refractivity contribution in [1.82, 2.24) is 20.2 Å². The lowest BCUT2D eigenvalue weighted by Gasteiger charge is -2.10. The molecular weight excluding hydrogens is 334 g/mol. The molecule has 0 saturated heterocycles. The number of anilines is 1.